The van der Waals surface area contributed by atoms with Crippen molar-refractivity contribution in [2.45, 2.75) is 128 Å². The van der Waals surface area contributed by atoms with E-state index < -0.39 is 151 Å². The lowest BCUT2D eigenvalue weighted by Gasteiger charge is -2.29. The van der Waals surface area contributed by atoms with Gasteiger partial charge in [0.1, 0.15) is 42.3 Å². The van der Waals surface area contributed by atoms with Gasteiger partial charge in [-0.05, 0) is 51.0 Å². The molecule has 0 aliphatic carbocycles. The number of hydrogen-bond acceptors (Lipinski definition) is 15. The average molecular weight is 920 g/mol. The Morgan fingerprint density at radius 2 is 1.19 bits per heavy atom. The molecule has 0 radical (unpaired) electrons. The molecule has 0 aromatic heterocycles. The van der Waals surface area contributed by atoms with Crippen molar-refractivity contribution in [3.63, 3.8) is 0 Å². The molecule has 0 aromatic carbocycles. The second kappa shape index (κ2) is 29.7. The fourth-order valence-corrected chi connectivity index (χ4v) is 5.62. The maximum atomic E-state index is 13.7. The van der Waals surface area contributed by atoms with E-state index in [1.54, 1.807) is 27.7 Å². The Bertz CT molecular complexity index is 1620. The predicted octanol–water partition coefficient (Wildman–Crippen LogP) is -5.58. The standard InChI is InChI=1S/C37H65N11O14S/c1-6-18(4)29(36(60)47-28(17(2)3)35(59)41-14-26(51)43-22(37(61)62)9-7-8-12-38)48-33(57)23(13-25(40)50)45-34(58)24(15-49)46-30(54)19(5)42-32(56)21(10-11-27(52)53)44-31(55)20(39)16-63/h17-24,28-29,49,63H,6-16,38-39H2,1-5H3,(H2,40,50)(H,41,59)(H,42,56)(H,43,51)(H,44,55)(H,45,58)(H,46,54)(H,47,60)(H,48,57)(H,52,53)(H,61,62)/t18-,19-,20-,21-,22-,23-,24-,28-,29-/m0/s1. The number of nitrogens with one attached hydrogen (secondary N) is 8. The average Bonchev–Trinajstić information content (AvgIpc) is 3.22. The molecule has 17 N–H and O–H groups in total. The molecule has 0 fully saturated rings. The Balaban J connectivity index is 5.94. The summed E-state index contributed by atoms with van der Waals surface area (Å²) in [5, 5.41) is 47.0. The first kappa shape index (κ1) is 57.4. The number of unbranched alkanes of at least 4 members (excludes halogenated alkanes) is 1. The van der Waals surface area contributed by atoms with Gasteiger partial charge in [-0.25, -0.2) is 4.79 Å². The Hall–Kier alpha value is -5.60. The maximum Gasteiger partial charge on any atom is 0.326 e. The second-order valence-corrected chi connectivity index (χ2v) is 15.4. The molecule has 26 heteroatoms. The summed E-state index contributed by atoms with van der Waals surface area (Å²) in [4.78, 5) is 139. The number of aliphatic hydroxyl groups is 1. The van der Waals surface area contributed by atoms with Gasteiger partial charge in [0.25, 0.3) is 0 Å². The highest BCUT2D eigenvalue weighted by atomic mass is 32.1. The number of rotatable bonds is 31. The van der Waals surface area contributed by atoms with Crippen LogP contribution in [0.25, 0.3) is 0 Å². The SMILES string of the molecule is CC[C@H](C)[C@H](NC(=O)[C@H](CC(N)=O)NC(=O)[C@H](CO)NC(=O)[C@H](C)NC(=O)[C@H](CCC(=O)O)NC(=O)[C@@H](N)CS)C(=O)N[C@H](C(=O)NCC(=O)N[C@@H](CCCCN)C(=O)O)C(C)C. The predicted molar refractivity (Wildman–Crippen MR) is 227 cm³/mol. The van der Waals surface area contributed by atoms with Crippen molar-refractivity contribution < 1.29 is 68.1 Å². The molecule has 0 bridgehead atoms. The van der Waals surface area contributed by atoms with Crippen LogP contribution >= 0.6 is 12.6 Å². The van der Waals surface area contributed by atoms with Crippen molar-refractivity contribution in [3.05, 3.63) is 0 Å². The van der Waals surface area contributed by atoms with Crippen molar-refractivity contribution in [1.82, 2.24) is 42.5 Å². The summed E-state index contributed by atoms with van der Waals surface area (Å²) in [6.45, 7) is 6.28. The Morgan fingerprint density at radius 1 is 0.635 bits per heavy atom. The van der Waals surface area contributed by atoms with E-state index in [9.17, 15) is 63.0 Å². The minimum absolute atomic E-state index is 0.0984. The lowest BCUT2D eigenvalue weighted by molar-refractivity contribution is -0.142. The van der Waals surface area contributed by atoms with Gasteiger partial charge < -0.3 is 75.1 Å². The normalized spacial score (nSPS) is 15.3. The molecule has 0 rings (SSSR count). The number of primary amides is 1. The number of carbonyl (C=O) groups is 11. The number of hydrogen-bond donors (Lipinski definition) is 15. The van der Waals surface area contributed by atoms with Crippen molar-refractivity contribution in [3.8, 4) is 0 Å². The van der Waals surface area contributed by atoms with Crippen LogP contribution in [0.3, 0.4) is 0 Å². The van der Waals surface area contributed by atoms with E-state index >= 15 is 0 Å². The van der Waals surface area contributed by atoms with Crippen LogP contribution in [0.15, 0.2) is 0 Å². The number of aliphatic carboxylic acids is 2. The number of carbonyl (C=O) groups excluding carboxylic acids is 9. The summed E-state index contributed by atoms with van der Waals surface area (Å²) in [5.74, 6) is -12.5. The zero-order chi connectivity index (χ0) is 48.6. The first-order valence-corrected chi connectivity index (χ1v) is 20.9. The van der Waals surface area contributed by atoms with Gasteiger partial charge in [0, 0.05) is 12.2 Å². The van der Waals surface area contributed by atoms with Gasteiger partial charge in [-0.1, -0.05) is 34.1 Å². The number of aliphatic hydroxyl groups excluding tert-OH is 1. The lowest BCUT2D eigenvalue weighted by Crippen LogP contribution is -2.61. The number of thiol groups is 1. The van der Waals surface area contributed by atoms with Crippen LogP contribution in [0, 0.1) is 11.8 Å². The van der Waals surface area contributed by atoms with E-state index in [1.165, 1.54) is 6.92 Å². The van der Waals surface area contributed by atoms with Gasteiger partial charge in [-0.2, -0.15) is 12.6 Å². The topological polar surface area (TPSA) is 423 Å². The van der Waals surface area contributed by atoms with E-state index in [0.29, 0.717) is 25.8 Å². The summed E-state index contributed by atoms with van der Waals surface area (Å²) < 4.78 is 0. The molecule has 0 aliphatic rings. The van der Waals surface area contributed by atoms with Gasteiger partial charge in [-0.3, -0.25) is 47.9 Å². The third kappa shape index (κ3) is 21.9. The van der Waals surface area contributed by atoms with Crippen LogP contribution in [0.1, 0.15) is 79.6 Å². The van der Waals surface area contributed by atoms with Crippen molar-refractivity contribution in [1.29, 1.82) is 0 Å². The summed E-state index contributed by atoms with van der Waals surface area (Å²) >= 11 is 3.90. The fourth-order valence-electron chi connectivity index (χ4n) is 5.46. The zero-order valence-electron chi connectivity index (χ0n) is 36.1. The van der Waals surface area contributed by atoms with Crippen LogP contribution in [-0.2, 0) is 52.7 Å². The molecule has 0 unspecified atom stereocenters. The van der Waals surface area contributed by atoms with Gasteiger partial charge in [0.2, 0.25) is 53.2 Å². The molecule has 358 valence electrons. The minimum atomic E-state index is -1.79. The molecular formula is C37H65N11O14S. The van der Waals surface area contributed by atoms with E-state index in [0.717, 1.165) is 0 Å². The molecule has 25 nitrogen and oxygen atoms in total. The van der Waals surface area contributed by atoms with Crippen LogP contribution in [0.4, 0.5) is 0 Å². The number of carboxylic acid groups (broad SMARTS) is 2. The largest absolute Gasteiger partial charge is 0.481 e. The maximum absolute atomic E-state index is 13.7. The highest BCUT2D eigenvalue weighted by Gasteiger charge is 2.35. The molecular weight excluding hydrogens is 855 g/mol. The number of carboxylic acids is 2. The zero-order valence-corrected chi connectivity index (χ0v) is 37.0. The molecule has 0 heterocycles. The lowest BCUT2D eigenvalue weighted by atomic mass is 9.96. The Morgan fingerprint density at radius 3 is 1.70 bits per heavy atom. The van der Waals surface area contributed by atoms with Crippen LogP contribution in [0.5, 0.6) is 0 Å². The van der Waals surface area contributed by atoms with Crippen molar-refractivity contribution in [2.24, 2.45) is 29.0 Å². The molecule has 9 amide bonds. The Kier molecular flexibility index (Phi) is 27.0. The quantitative estimate of drug-likeness (QED) is 0.0228. The van der Waals surface area contributed by atoms with E-state index in [1.807, 2.05) is 0 Å². The van der Waals surface area contributed by atoms with E-state index in [4.69, 9.17) is 22.3 Å². The number of nitrogens with two attached hydrogens (primary N) is 3. The van der Waals surface area contributed by atoms with Crippen LogP contribution < -0.4 is 59.7 Å². The molecule has 0 spiro atoms. The van der Waals surface area contributed by atoms with Crippen LogP contribution in [0.2, 0.25) is 0 Å². The summed E-state index contributed by atoms with van der Waals surface area (Å²) in [6.07, 6.45) is -0.358. The fraction of sp³-hybridized carbons (Fsp3) is 0.703. The van der Waals surface area contributed by atoms with Crippen LogP contribution in [-0.4, -0.2) is 154 Å². The van der Waals surface area contributed by atoms with E-state index in [-0.39, 0.29) is 18.6 Å². The first-order chi connectivity index (χ1) is 29.4. The summed E-state index contributed by atoms with van der Waals surface area (Å²) in [7, 11) is 0. The monoisotopic (exact) mass is 919 g/mol. The summed E-state index contributed by atoms with van der Waals surface area (Å²) in [6, 6.07) is -11.4. The third-order valence-corrected chi connectivity index (χ3v) is 9.86. The third-order valence-electron chi connectivity index (χ3n) is 9.46. The Labute approximate surface area is 370 Å². The highest BCUT2D eigenvalue weighted by Crippen LogP contribution is 2.12. The molecule has 0 aliphatic heterocycles. The molecule has 0 saturated heterocycles. The van der Waals surface area contributed by atoms with Gasteiger partial charge in [-0.15, -0.1) is 0 Å². The van der Waals surface area contributed by atoms with Gasteiger partial charge in [0.15, 0.2) is 0 Å². The molecule has 9 atom stereocenters. The van der Waals surface area contributed by atoms with Crippen molar-refractivity contribution in [2.75, 3.05) is 25.4 Å². The first-order valence-electron chi connectivity index (χ1n) is 20.2. The molecule has 0 saturated carbocycles. The van der Waals surface area contributed by atoms with Gasteiger partial charge >= 0.3 is 11.9 Å². The summed E-state index contributed by atoms with van der Waals surface area (Å²) in [5.41, 5.74) is 16.4. The number of amides is 9. The minimum Gasteiger partial charge on any atom is -0.481 e. The van der Waals surface area contributed by atoms with Crippen molar-refractivity contribution >= 4 is 77.7 Å². The smallest absolute Gasteiger partial charge is 0.326 e. The van der Waals surface area contributed by atoms with Gasteiger partial charge in [0.05, 0.1) is 25.6 Å². The van der Waals surface area contributed by atoms with E-state index in [2.05, 4.69) is 55.2 Å². The second-order valence-electron chi connectivity index (χ2n) is 15.1. The molecule has 0 aromatic rings. The highest BCUT2D eigenvalue weighted by molar-refractivity contribution is 7.80. The molecule has 63 heavy (non-hydrogen) atoms.